The molecule has 1 heterocycles. The second-order valence-electron chi connectivity index (χ2n) is 3.58. The molecule has 0 unspecified atom stereocenters. The molecule has 2 aromatic rings. The molecule has 0 saturated heterocycles. The van der Waals surface area contributed by atoms with Crippen molar-refractivity contribution < 1.29 is 13.6 Å². The van der Waals surface area contributed by atoms with Gasteiger partial charge in [0.15, 0.2) is 5.82 Å². The van der Waals surface area contributed by atoms with Crippen LogP contribution in [0.25, 0.3) is 0 Å². The van der Waals surface area contributed by atoms with Crippen LogP contribution in [0.5, 0.6) is 0 Å². The third-order valence-corrected chi connectivity index (χ3v) is 2.78. The summed E-state index contributed by atoms with van der Waals surface area (Å²) in [4.78, 5) is 15.1. The van der Waals surface area contributed by atoms with Crippen molar-refractivity contribution in [3.05, 3.63) is 57.8 Å². The van der Waals surface area contributed by atoms with E-state index in [-0.39, 0.29) is 21.3 Å². The molecule has 0 atom stereocenters. The van der Waals surface area contributed by atoms with E-state index in [0.717, 1.165) is 12.3 Å². The van der Waals surface area contributed by atoms with E-state index in [1.165, 1.54) is 18.2 Å². The molecule has 0 saturated carbocycles. The maximum atomic E-state index is 13.2. The third-order valence-electron chi connectivity index (χ3n) is 2.23. The zero-order chi connectivity index (χ0) is 14.0. The van der Waals surface area contributed by atoms with Crippen LogP contribution in [0.15, 0.2) is 30.5 Å². The van der Waals surface area contributed by atoms with Gasteiger partial charge in [0.1, 0.15) is 0 Å². The molecular formula is C12H6Cl2F2N2O. The predicted octanol–water partition coefficient (Wildman–Crippen LogP) is 3.92. The lowest BCUT2D eigenvalue weighted by Crippen LogP contribution is -2.12. The third kappa shape index (κ3) is 3.19. The van der Waals surface area contributed by atoms with Crippen molar-refractivity contribution in [3.8, 4) is 0 Å². The van der Waals surface area contributed by atoms with Crippen molar-refractivity contribution in [1.82, 2.24) is 4.98 Å². The Balaban J connectivity index is 2.22. The largest absolute Gasteiger partial charge is 0.322 e. The van der Waals surface area contributed by atoms with E-state index in [0.29, 0.717) is 0 Å². The number of halogens is 4. The van der Waals surface area contributed by atoms with Crippen LogP contribution < -0.4 is 5.32 Å². The Bertz CT molecular complexity index is 609. The number of benzene rings is 1. The van der Waals surface area contributed by atoms with Crippen molar-refractivity contribution in [2.75, 3.05) is 5.32 Å². The molecule has 1 N–H and O–H groups in total. The number of hydrogen-bond donors (Lipinski definition) is 1. The highest BCUT2D eigenvalue weighted by Gasteiger charge is 2.11. The summed E-state index contributed by atoms with van der Waals surface area (Å²) in [5.41, 5.74) is 0.378. The van der Waals surface area contributed by atoms with Crippen LogP contribution in [0.2, 0.25) is 10.0 Å². The van der Waals surface area contributed by atoms with Gasteiger partial charge in [-0.05, 0) is 24.3 Å². The summed E-state index contributed by atoms with van der Waals surface area (Å²) in [6.07, 6.45) is 1.08. The van der Waals surface area contributed by atoms with Gasteiger partial charge in [0.25, 0.3) is 5.91 Å². The van der Waals surface area contributed by atoms with Gasteiger partial charge in [0, 0.05) is 11.9 Å². The summed E-state index contributed by atoms with van der Waals surface area (Å²) in [6, 6.07) is 4.76. The number of pyridine rings is 1. The van der Waals surface area contributed by atoms with Gasteiger partial charge in [-0.3, -0.25) is 4.79 Å². The number of aromatic nitrogens is 1. The normalized spacial score (nSPS) is 10.3. The first-order valence-electron chi connectivity index (χ1n) is 5.05. The van der Waals surface area contributed by atoms with E-state index >= 15 is 0 Å². The topological polar surface area (TPSA) is 42.0 Å². The van der Waals surface area contributed by atoms with Crippen molar-refractivity contribution in [1.29, 1.82) is 0 Å². The van der Waals surface area contributed by atoms with Gasteiger partial charge in [-0.15, -0.1) is 0 Å². The Hall–Kier alpha value is -1.72. The number of hydrogen-bond acceptors (Lipinski definition) is 2. The average Bonchev–Trinajstić information content (AvgIpc) is 2.36. The first kappa shape index (κ1) is 13.7. The van der Waals surface area contributed by atoms with E-state index < -0.39 is 17.7 Å². The van der Waals surface area contributed by atoms with Crippen LogP contribution in [-0.4, -0.2) is 10.9 Å². The summed E-state index contributed by atoms with van der Waals surface area (Å²) >= 11 is 11.2. The van der Waals surface area contributed by atoms with E-state index in [1.54, 1.807) is 0 Å². The SMILES string of the molecule is O=C(Nc1cc(Cl)c(F)c(Cl)c1)c1ccc(F)nc1. The van der Waals surface area contributed by atoms with Crippen LogP contribution in [0.4, 0.5) is 14.5 Å². The fraction of sp³-hybridized carbons (Fsp3) is 0. The van der Waals surface area contributed by atoms with E-state index in [4.69, 9.17) is 23.2 Å². The molecule has 1 aromatic carbocycles. The van der Waals surface area contributed by atoms with Crippen LogP contribution in [0.3, 0.4) is 0 Å². The molecule has 0 bridgehead atoms. The van der Waals surface area contributed by atoms with Gasteiger partial charge < -0.3 is 5.32 Å². The molecule has 1 amide bonds. The monoisotopic (exact) mass is 302 g/mol. The Kier molecular flexibility index (Phi) is 3.97. The quantitative estimate of drug-likeness (QED) is 0.675. The fourth-order valence-corrected chi connectivity index (χ4v) is 1.83. The Labute approximate surface area is 117 Å². The summed E-state index contributed by atoms with van der Waals surface area (Å²) in [6.45, 7) is 0. The van der Waals surface area contributed by atoms with Gasteiger partial charge >= 0.3 is 0 Å². The molecule has 0 aliphatic carbocycles. The smallest absolute Gasteiger partial charge is 0.257 e. The number of anilines is 1. The van der Waals surface area contributed by atoms with Crippen LogP contribution in [0, 0.1) is 11.8 Å². The average molecular weight is 303 g/mol. The van der Waals surface area contributed by atoms with Crippen molar-refractivity contribution in [2.24, 2.45) is 0 Å². The van der Waals surface area contributed by atoms with Crippen molar-refractivity contribution in [2.45, 2.75) is 0 Å². The Morgan fingerprint density at radius 1 is 1.16 bits per heavy atom. The van der Waals surface area contributed by atoms with Crippen molar-refractivity contribution in [3.63, 3.8) is 0 Å². The first-order chi connectivity index (χ1) is 8.97. The second-order valence-corrected chi connectivity index (χ2v) is 4.39. The fourth-order valence-electron chi connectivity index (χ4n) is 1.34. The minimum absolute atomic E-state index is 0.151. The van der Waals surface area contributed by atoms with Crippen LogP contribution in [-0.2, 0) is 0 Å². The number of nitrogens with one attached hydrogen (secondary N) is 1. The molecule has 0 spiro atoms. The number of nitrogens with zero attached hydrogens (tertiary/aromatic N) is 1. The highest BCUT2D eigenvalue weighted by atomic mass is 35.5. The Morgan fingerprint density at radius 3 is 2.32 bits per heavy atom. The first-order valence-corrected chi connectivity index (χ1v) is 5.80. The van der Waals surface area contributed by atoms with Gasteiger partial charge in [-0.2, -0.15) is 4.39 Å². The number of rotatable bonds is 2. The molecule has 19 heavy (non-hydrogen) atoms. The van der Waals surface area contributed by atoms with Crippen LogP contribution >= 0.6 is 23.2 Å². The highest BCUT2D eigenvalue weighted by molar-refractivity contribution is 6.35. The zero-order valence-electron chi connectivity index (χ0n) is 9.25. The zero-order valence-corrected chi connectivity index (χ0v) is 10.8. The number of carbonyl (C=O) groups excluding carboxylic acids is 1. The molecule has 3 nitrogen and oxygen atoms in total. The summed E-state index contributed by atoms with van der Waals surface area (Å²) in [7, 11) is 0. The summed E-state index contributed by atoms with van der Waals surface area (Å²) < 4.78 is 25.8. The molecule has 0 aliphatic rings. The molecule has 98 valence electrons. The van der Waals surface area contributed by atoms with Gasteiger partial charge in [0.2, 0.25) is 5.95 Å². The van der Waals surface area contributed by atoms with E-state index in [1.807, 2.05) is 0 Å². The van der Waals surface area contributed by atoms with Gasteiger partial charge in [-0.1, -0.05) is 23.2 Å². The molecule has 7 heteroatoms. The molecule has 0 fully saturated rings. The number of amides is 1. The second kappa shape index (κ2) is 5.50. The highest BCUT2D eigenvalue weighted by Crippen LogP contribution is 2.27. The number of carbonyl (C=O) groups is 1. The Morgan fingerprint density at radius 2 is 1.79 bits per heavy atom. The summed E-state index contributed by atoms with van der Waals surface area (Å²) in [5.74, 6) is -1.99. The maximum Gasteiger partial charge on any atom is 0.257 e. The minimum Gasteiger partial charge on any atom is -0.322 e. The molecule has 0 radical (unpaired) electrons. The van der Waals surface area contributed by atoms with Gasteiger partial charge in [0.05, 0.1) is 15.6 Å². The van der Waals surface area contributed by atoms with Crippen LogP contribution in [0.1, 0.15) is 10.4 Å². The molecule has 2 rings (SSSR count). The minimum atomic E-state index is -0.759. The molecular weight excluding hydrogens is 297 g/mol. The lowest BCUT2D eigenvalue weighted by molar-refractivity contribution is 0.102. The lowest BCUT2D eigenvalue weighted by atomic mass is 10.2. The standard InChI is InChI=1S/C12H6Cl2F2N2O/c13-8-3-7(4-9(14)11(8)16)18-12(19)6-1-2-10(15)17-5-6/h1-5H,(H,18,19). The molecule has 1 aromatic heterocycles. The maximum absolute atomic E-state index is 13.2. The van der Waals surface area contributed by atoms with Crippen molar-refractivity contribution >= 4 is 34.8 Å². The summed E-state index contributed by atoms with van der Waals surface area (Å²) in [5, 5.41) is 2.03. The van der Waals surface area contributed by atoms with Gasteiger partial charge in [-0.25, -0.2) is 9.37 Å². The lowest BCUT2D eigenvalue weighted by Gasteiger charge is -2.07. The molecule has 0 aliphatic heterocycles. The van der Waals surface area contributed by atoms with E-state index in [2.05, 4.69) is 10.3 Å². The predicted molar refractivity (Wildman–Crippen MR) is 68.6 cm³/mol. The van der Waals surface area contributed by atoms with E-state index in [9.17, 15) is 13.6 Å².